The second kappa shape index (κ2) is 7.38. The number of anilines is 1. The van der Waals surface area contributed by atoms with Crippen LogP contribution in [-0.2, 0) is 19.8 Å². The number of amides is 2. The molecule has 2 rings (SSSR count). The van der Waals surface area contributed by atoms with Crippen molar-refractivity contribution in [3.63, 3.8) is 0 Å². The van der Waals surface area contributed by atoms with Crippen LogP contribution in [-0.4, -0.2) is 25.3 Å². The topological polar surface area (TPSA) is 54.5 Å². The van der Waals surface area contributed by atoms with E-state index >= 15 is 0 Å². The summed E-state index contributed by atoms with van der Waals surface area (Å²) >= 11 is 0. The Kier molecular flexibility index (Phi) is 5.79. The van der Waals surface area contributed by atoms with E-state index in [1.54, 1.807) is 7.85 Å². The van der Waals surface area contributed by atoms with E-state index in [0.29, 0.717) is 12.1 Å². The summed E-state index contributed by atoms with van der Waals surface area (Å²) in [5.41, 5.74) is 1.34. The van der Waals surface area contributed by atoms with Crippen LogP contribution in [0.25, 0.3) is 0 Å². The Balaban J connectivity index is 2.21. The van der Waals surface area contributed by atoms with Gasteiger partial charge in [0.15, 0.2) is 7.85 Å². The minimum absolute atomic E-state index is 0.0819. The van der Waals surface area contributed by atoms with E-state index in [1.807, 2.05) is 45.0 Å². The smallest absolute Gasteiger partial charge is 0.237 e. The first-order valence-corrected chi connectivity index (χ1v) is 9.48. The van der Waals surface area contributed by atoms with Gasteiger partial charge in [-0.15, -0.1) is 0 Å². The SMILES string of the molecule is BC(=O)C(C)(C)CC(C)(C)c1ccc(N2C(=O)CC(CCC)C2=O)cc1. The van der Waals surface area contributed by atoms with Crippen molar-refractivity contribution in [2.24, 2.45) is 11.3 Å². The zero-order valence-corrected chi connectivity index (χ0v) is 16.9. The number of carbonyl (C=O) groups is 3. The molecule has 140 valence electrons. The third-order valence-corrected chi connectivity index (χ3v) is 5.62. The molecule has 1 fully saturated rings. The molecular formula is C21H30BNO3. The molecule has 1 atom stereocenters. The summed E-state index contributed by atoms with van der Waals surface area (Å²) in [5.74, 6) is -0.375. The van der Waals surface area contributed by atoms with Crippen molar-refractivity contribution < 1.29 is 14.4 Å². The van der Waals surface area contributed by atoms with Gasteiger partial charge in [-0.05, 0) is 36.0 Å². The van der Waals surface area contributed by atoms with Gasteiger partial charge in [-0.3, -0.25) is 14.5 Å². The van der Waals surface area contributed by atoms with Gasteiger partial charge in [0, 0.05) is 17.8 Å². The first kappa shape index (κ1) is 20.4. The largest absolute Gasteiger partial charge is 0.311 e. The highest BCUT2D eigenvalue weighted by Gasteiger charge is 2.39. The molecule has 1 heterocycles. The number of rotatable bonds is 7. The molecule has 1 aliphatic rings. The molecular weight excluding hydrogens is 325 g/mol. The summed E-state index contributed by atoms with van der Waals surface area (Å²) < 4.78 is 0. The van der Waals surface area contributed by atoms with E-state index in [4.69, 9.17) is 0 Å². The lowest BCUT2D eigenvalue weighted by atomic mass is 9.66. The number of carbonyl (C=O) groups excluding carboxylic acids is 3. The predicted molar refractivity (Wildman–Crippen MR) is 107 cm³/mol. The van der Waals surface area contributed by atoms with Crippen LogP contribution in [0.4, 0.5) is 5.69 Å². The Morgan fingerprint density at radius 2 is 1.73 bits per heavy atom. The minimum Gasteiger partial charge on any atom is -0.311 e. The fraction of sp³-hybridized carbons (Fsp3) is 0.571. The molecule has 1 saturated heterocycles. The molecule has 0 aliphatic carbocycles. The first-order valence-electron chi connectivity index (χ1n) is 9.48. The summed E-state index contributed by atoms with van der Waals surface area (Å²) in [6, 6.07) is 7.64. The Morgan fingerprint density at radius 3 is 2.23 bits per heavy atom. The van der Waals surface area contributed by atoms with Crippen LogP contribution in [0.3, 0.4) is 0 Å². The van der Waals surface area contributed by atoms with Gasteiger partial charge in [-0.25, -0.2) is 0 Å². The van der Waals surface area contributed by atoms with Gasteiger partial charge in [0.25, 0.3) is 0 Å². The van der Waals surface area contributed by atoms with Gasteiger partial charge in [0.2, 0.25) is 11.8 Å². The Labute approximate surface area is 157 Å². The molecule has 4 nitrogen and oxygen atoms in total. The summed E-state index contributed by atoms with van der Waals surface area (Å²) in [6.45, 7) is 10.2. The molecule has 1 aliphatic heterocycles. The zero-order valence-electron chi connectivity index (χ0n) is 16.9. The summed E-state index contributed by atoms with van der Waals surface area (Å²) in [4.78, 5) is 38.0. The van der Waals surface area contributed by atoms with Crippen molar-refractivity contribution in [1.82, 2.24) is 0 Å². The molecule has 0 saturated carbocycles. The van der Waals surface area contributed by atoms with Crippen molar-refractivity contribution in [2.45, 2.75) is 65.7 Å². The van der Waals surface area contributed by atoms with Crippen molar-refractivity contribution in [3.8, 4) is 0 Å². The van der Waals surface area contributed by atoms with Crippen LogP contribution >= 0.6 is 0 Å². The summed E-state index contributed by atoms with van der Waals surface area (Å²) in [6.07, 6.45) is 2.70. The van der Waals surface area contributed by atoms with Crippen LogP contribution in [0.1, 0.15) is 65.9 Å². The van der Waals surface area contributed by atoms with E-state index < -0.39 is 5.41 Å². The average Bonchev–Trinajstić information content (AvgIpc) is 2.81. The maximum atomic E-state index is 12.5. The van der Waals surface area contributed by atoms with Gasteiger partial charge < -0.3 is 4.79 Å². The molecule has 26 heavy (non-hydrogen) atoms. The second-order valence-electron chi connectivity index (χ2n) is 8.80. The second-order valence-corrected chi connectivity index (χ2v) is 8.80. The van der Waals surface area contributed by atoms with Gasteiger partial charge in [0.1, 0.15) is 0 Å². The quantitative estimate of drug-likeness (QED) is 0.557. The standard InChI is InChI=1S/C21H30BNO3/c1-6-7-14-12-17(24)23(18(14)25)16-10-8-15(9-11-16)20(2,3)13-21(4,5)19(22)26/h8-11,14H,6-7,12-13,22H2,1-5H3. The number of nitrogens with zero attached hydrogens (tertiary/aromatic N) is 1. The van der Waals surface area contributed by atoms with Gasteiger partial charge >= 0.3 is 0 Å². The van der Waals surface area contributed by atoms with Crippen molar-refractivity contribution in [3.05, 3.63) is 29.8 Å². The van der Waals surface area contributed by atoms with Crippen LogP contribution in [0.5, 0.6) is 0 Å². The highest BCUT2D eigenvalue weighted by atomic mass is 16.2. The fourth-order valence-corrected chi connectivity index (χ4v) is 3.93. The summed E-state index contributed by atoms with van der Waals surface area (Å²) in [7, 11) is 1.64. The number of hydrogen-bond donors (Lipinski definition) is 0. The number of hydrogen-bond acceptors (Lipinski definition) is 3. The van der Waals surface area contributed by atoms with E-state index in [1.165, 1.54) is 4.90 Å². The lowest BCUT2D eigenvalue weighted by molar-refractivity contribution is -0.122. The minimum atomic E-state index is -0.392. The average molecular weight is 355 g/mol. The third-order valence-electron chi connectivity index (χ3n) is 5.62. The first-order chi connectivity index (χ1) is 12.0. The van der Waals surface area contributed by atoms with Gasteiger partial charge in [-0.2, -0.15) is 0 Å². The van der Waals surface area contributed by atoms with E-state index in [0.717, 1.165) is 24.8 Å². The van der Waals surface area contributed by atoms with Crippen LogP contribution < -0.4 is 4.90 Å². The maximum Gasteiger partial charge on any atom is 0.237 e. The Bertz CT molecular complexity index is 706. The van der Waals surface area contributed by atoms with Crippen LogP contribution in [0.2, 0.25) is 0 Å². The van der Waals surface area contributed by atoms with Crippen LogP contribution in [0.15, 0.2) is 24.3 Å². The zero-order chi connectivity index (χ0) is 19.7. The molecule has 5 heteroatoms. The van der Waals surface area contributed by atoms with E-state index in [2.05, 4.69) is 13.8 Å². The fourth-order valence-electron chi connectivity index (χ4n) is 3.93. The molecule has 1 aromatic carbocycles. The third kappa shape index (κ3) is 4.08. The number of benzene rings is 1. The Hall–Kier alpha value is -1.91. The normalized spacial score (nSPS) is 18.5. The van der Waals surface area contributed by atoms with Gasteiger partial charge in [0.05, 0.1) is 11.4 Å². The molecule has 1 unspecified atom stereocenters. The number of imide groups is 1. The van der Waals surface area contributed by atoms with E-state index in [9.17, 15) is 14.4 Å². The van der Waals surface area contributed by atoms with Crippen molar-refractivity contribution >= 4 is 31.0 Å². The molecule has 0 N–H and O–H groups in total. The van der Waals surface area contributed by atoms with Crippen LogP contribution in [0, 0.1) is 11.3 Å². The highest BCUT2D eigenvalue weighted by Crippen LogP contribution is 2.38. The predicted octanol–water partition coefficient (Wildman–Crippen LogP) is 3.22. The molecule has 0 radical (unpaired) electrons. The lowest BCUT2D eigenvalue weighted by Crippen LogP contribution is -2.33. The maximum absolute atomic E-state index is 12.5. The highest BCUT2D eigenvalue weighted by molar-refractivity contribution is 6.58. The molecule has 2 amide bonds. The van der Waals surface area contributed by atoms with Gasteiger partial charge in [-0.1, -0.05) is 53.2 Å². The monoisotopic (exact) mass is 355 g/mol. The molecule has 0 spiro atoms. The summed E-state index contributed by atoms with van der Waals surface area (Å²) in [5, 5.41) is 0. The molecule has 0 bridgehead atoms. The van der Waals surface area contributed by atoms with Crippen molar-refractivity contribution in [2.75, 3.05) is 4.90 Å². The lowest BCUT2D eigenvalue weighted by Gasteiger charge is -2.34. The Morgan fingerprint density at radius 1 is 1.15 bits per heavy atom. The van der Waals surface area contributed by atoms with E-state index in [-0.39, 0.29) is 28.8 Å². The molecule has 1 aromatic rings. The van der Waals surface area contributed by atoms with Crippen molar-refractivity contribution in [1.29, 1.82) is 0 Å². The molecule has 0 aromatic heterocycles.